The maximum Gasteiger partial charge on any atom is 0.218 e. The predicted octanol–water partition coefficient (Wildman–Crippen LogP) is 0.0646. The van der Waals surface area contributed by atoms with Crippen molar-refractivity contribution in [2.75, 3.05) is 13.1 Å². The number of aliphatic hydroxyl groups excluding tert-OH is 1. The van der Waals surface area contributed by atoms with Gasteiger partial charge in [0.05, 0.1) is 23.5 Å². The summed E-state index contributed by atoms with van der Waals surface area (Å²) in [4.78, 5) is 0. The van der Waals surface area contributed by atoms with E-state index in [9.17, 15) is 8.42 Å². The van der Waals surface area contributed by atoms with E-state index in [1.165, 1.54) is 4.31 Å². The lowest BCUT2D eigenvalue weighted by molar-refractivity contribution is 0.0547. The number of nitriles is 1. The van der Waals surface area contributed by atoms with Crippen LogP contribution in [0, 0.1) is 11.3 Å². The van der Waals surface area contributed by atoms with E-state index >= 15 is 0 Å². The van der Waals surface area contributed by atoms with E-state index in [1.54, 1.807) is 24.3 Å². The number of nitrogens with zero attached hydrogens (tertiary/aromatic N) is 2. The lowest BCUT2D eigenvalue weighted by Gasteiger charge is -2.34. The van der Waals surface area contributed by atoms with Gasteiger partial charge in [-0.2, -0.15) is 9.57 Å². The molecule has 0 spiro atoms. The summed E-state index contributed by atoms with van der Waals surface area (Å²) in [5.41, 5.74) is 0.869. The van der Waals surface area contributed by atoms with Gasteiger partial charge < -0.3 is 5.11 Å². The van der Waals surface area contributed by atoms with Crippen molar-refractivity contribution in [3.05, 3.63) is 35.4 Å². The topological polar surface area (TPSA) is 81.4 Å². The van der Waals surface area contributed by atoms with Crippen molar-refractivity contribution in [3.8, 4) is 6.07 Å². The molecule has 0 unspecified atom stereocenters. The smallest absolute Gasteiger partial charge is 0.218 e. The second-order valence-corrected chi connectivity index (χ2v) is 5.96. The summed E-state index contributed by atoms with van der Waals surface area (Å²) in [6, 6.07) is 8.60. The Hall–Kier alpha value is -1.42. The van der Waals surface area contributed by atoms with E-state index < -0.39 is 16.1 Å². The Morgan fingerprint density at radius 2 is 2.06 bits per heavy atom. The Morgan fingerprint density at radius 1 is 1.41 bits per heavy atom. The van der Waals surface area contributed by atoms with Crippen LogP contribution in [0.2, 0.25) is 0 Å². The normalized spacial score (nSPS) is 17.4. The molecule has 0 atom stereocenters. The summed E-state index contributed by atoms with van der Waals surface area (Å²) in [6.45, 7) is 0.300. The Balaban J connectivity index is 2.18. The molecule has 17 heavy (non-hydrogen) atoms. The molecular formula is C11H12N2O3S. The van der Waals surface area contributed by atoms with E-state index in [0.717, 1.165) is 0 Å². The third-order valence-corrected chi connectivity index (χ3v) is 4.46. The number of β-amino-alcohol motifs (C(OH)–C–C–N with tert-alkyl or cyclic N) is 1. The van der Waals surface area contributed by atoms with E-state index in [0.29, 0.717) is 11.1 Å². The minimum Gasteiger partial charge on any atom is -0.390 e. The van der Waals surface area contributed by atoms with Gasteiger partial charge in [-0.05, 0) is 11.6 Å². The summed E-state index contributed by atoms with van der Waals surface area (Å²) in [6.07, 6.45) is -0.559. The Labute approximate surface area is 100.0 Å². The van der Waals surface area contributed by atoms with Crippen LogP contribution in [0.15, 0.2) is 24.3 Å². The molecule has 1 N–H and O–H groups in total. The highest BCUT2D eigenvalue weighted by Gasteiger charge is 2.34. The molecule has 1 aromatic rings. The molecule has 0 amide bonds. The molecule has 1 fully saturated rings. The third-order valence-electron chi connectivity index (χ3n) is 2.70. The Bertz CT molecular complexity index is 556. The predicted molar refractivity (Wildman–Crippen MR) is 61.4 cm³/mol. The average molecular weight is 252 g/mol. The second-order valence-electron chi connectivity index (χ2n) is 4.00. The first-order chi connectivity index (χ1) is 8.03. The van der Waals surface area contributed by atoms with Crippen molar-refractivity contribution < 1.29 is 13.5 Å². The third kappa shape index (κ3) is 2.47. The van der Waals surface area contributed by atoms with Gasteiger partial charge in [0, 0.05) is 13.1 Å². The standard InChI is InChI=1S/C11H12N2O3S/c12-5-9-3-1-2-4-10(9)8-17(15,16)13-6-11(14)7-13/h1-4,11,14H,6-8H2. The molecule has 90 valence electrons. The molecule has 0 saturated carbocycles. The van der Waals surface area contributed by atoms with Gasteiger partial charge in [-0.1, -0.05) is 18.2 Å². The van der Waals surface area contributed by atoms with Crippen LogP contribution in [0.4, 0.5) is 0 Å². The molecule has 6 heteroatoms. The van der Waals surface area contributed by atoms with Crippen molar-refractivity contribution in [1.82, 2.24) is 4.31 Å². The number of benzene rings is 1. The van der Waals surface area contributed by atoms with Crippen LogP contribution in [-0.2, 0) is 15.8 Å². The lowest BCUT2D eigenvalue weighted by atomic mass is 10.1. The summed E-state index contributed by atoms with van der Waals surface area (Å²) >= 11 is 0. The number of aliphatic hydroxyl groups is 1. The Morgan fingerprint density at radius 3 is 2.65 bits per heavy atom. The minimum absolute atomic E-state index is 0.150. The number of rotatable bonds is 3. The molecule has 0 radical (unpaired) electrons. The van der Waals surface area contributed by atoms with Crippen molar-refractivity contribution in [2.45, 2.75) is 11.9 Å². The highest BCUT2D eigenvalue weighted by Crippen LogP contribution is 2.19. The maximum absolute atomic E-state index is 11.9. The SMILES string of the molecule is N#Cc1ccccc1CS(=O)(=O)N1CC(O)C1. The molecule has 2 rings (SSSR count). The highest BCUT2D eigenvalue weighted by atomic mass is 32.2. The molecule has 0 aliphatic carbocycles. The van der Waals surface area contributed by atoms with Crippen LogP contribution >= 0.6 is 0 Å². The molecule has 5 nitrogen and oxygen atoms in total. The molecule has 0 aromatic heterocycles. The first-order valence-electron chi connectivity index (χ1n) is 5.17. The number of sulfonamides is 1. The minimum atomic E-state index is -3.42. The van der Waals surface area contributed by atoms with Gasteiger partial charge in [0.15, 0.2) is 0 Å². The fourth-order valence-electron chi connectivity index (χ4n) is 1.69. The lowest BCUT2D eigenvalue weighted by Crippen LogP contribution is -2.53. The second kappa shape index (κ2) is 4.45. The molecule has 0 bridgehead atoms. The van der Waals surface area contributed by atoms with Gasteiger partial charge in [0.2, 0.25) is 10.0 Å². The quantitative estimate of drug-likeness (QED) is 0.825. The average Bonchev–Trinajstić information content (AvgIpc) is 2.25. The summed E-state index contributed by atoms with van der Waals surface area (Å²) in [5.74, 6) is -0.191. The summed E-state index contributed by atoms with van der Waals surface area (Å²) < 4.78 is 25.0. The van der Waals surface area contributed by atoms with Crippen LogP contribution in [0.25, 0.3) is 0 Å². The van der Waals surface area contributed by atoms with Crippen molar-refractivity contribution >= 4 is 10.0 Å². The van der Waals surface area contributed by atoms with Crippen LogP contribution in [0.5, 0.6) is 0 Å². The first kappa shape index (κ1) is 12.0. The van der Waals surface area contributed by atoms with Crippen LogP contribution < -0.4 is 0 Å². The first-order valence-corrected chi connectivity index (χ1v) is 6.78. The van der Waals surface area contributed by atoms with Gasteiger partial charge in [-0.3, -0.25) is 0 Å². The zero-order valence-corrected chi connectivity index (χ0v) is 9.89. The zero-order valence-electron chi connectivity index (χ0n) is 9.07. The van der Waals surface area contributed by atoms with Crippen LogP contribution in [0.3, 0.4) is 0 Å². The van der Waals surface area contributed by atoms with E-state index in [4.69, 9.17) is 10.4 Å². The molecule has 1 aliphatic rings. The summed E-state index contributed by atoms with van der Waals surface area (Å²) in [5, 5.41) is 18.0. The van der Waals surface area contributed by atoms with E-state index in [2.05, 4.69) is 0 Å². The van der Waals surface area contributed by atoms with Gasteiger partial charge in [0.1, 0.15) is 0 Å². The molecule has 1 aromatic carbocycles. The van der Waals surface area contributed by atoms with Gasteiger partial charge in [-0.25, -0.2) is 8.42 Å². The fraction of sp³-hybridized carbons (Fsp3) is 0.364. The van der Waals surface area contributed by atoms with E-state index in [-0.39, 0.29) is 18.8 Å². The van der Waals surface area contributed by atoms with Crippen molar-refractivity contribution in [2.24, 2.45) is 0 Å². The van der Waals surface area contributed by atoms with Gasteiger partial charge in [-0.15, -0.1) is 0 Å². The van der Waals surface area contributed by atoms with Crippen molar-refractivity contribution in [3.63, 3.8) is 0 Å². The Kier molecular flexibility index (Phi) is 3.15. The molecule has 1 saturated heterocycles. The molecule has 1 aliphatic heterocycles. The van der Waals surface area contributed by atoms with Gasteiger partial charge in [0.25, 0.3) is 0 Å². The molecule has 1 heterocycles. The molecular weight excluding hydrogens is 240 g/mol. The van der Waals surface area contributed by atoms with Crippen LogP contribution in [-0.4, -0.2) is 37.0 Å². The zero-order chi connectivity index (χ0) is 12.5. The van der Waals surface area contributed by atoms with Gasteiger partial charge >= 0.3 is 0 Å². The maximum atomic E-state index is 11.9. The number of hydrogen-bond acceptors (Lipinski definition) is 4. The fourth-order valence-corrected chi connectivity index (χ4v) is 3.31. The highest BCUT2D eigenvalue weighted by molar-refractivity contribution is 7.88. The van der Waals surface area contributed by atoms with Crippen molar-refractivity contribution in [1.29, 1.82) is 5.26 Å². The summed E-state index contributed by atoms with van der Waals surface area (Å²) in [7, 11) is -3.42. The monoisotopic (exact) mass is 252 g/mol. The van der Waals surface area contributed by atoms with E-state index in [1.807, 2.05) is 6.07 Å². The largest absolute Gasteiger partial charge is 0.390 e. The van der Waals surface area contributed by atoms with Crippen LogP contribution in [0.1, 0.15) is 11.1 Å². The number of hydrogen-bond donors (Lipinski definition) is 1.